The van der Waals surface area contributed by atoms with Crippen molar-refractivity contribution in [2.24, 2.45) is 0 Å². The topological polar surface area (TPSA) is 75.0 Å². The number of ether oxygens (including phenoxy) is 1. The first-order valence-corrected chi connectivity index (χ1v) is 12.2. The molecule has 1 unspecified atom stereocenters. The summed E-state index contributed by atoms with van der Waals surface area (Å²) < 4.78 is 24.9. The van der Waals surface area contributed by atoms with E-state index in [9.17, 15) is 14.0 Å². The van der Waals surface area contributed by atoms with Gasteiger partial charge in [-0.05, 0) is 74.2 Å². The van der Waals surface area contributed by atoms with Crippen molar-refractivity contribution < 1.29 is 23.1 Å². The minimum Gasteiger partial charge on any atom is -0.464 e. The van der Waals surface area contributed by atoms with E-state index in [4.69, 9.17) is 9.15 Å². The van der Waals surface area contributed by atoms with E-state index in [0.717, 1.165) is 29.7 Å². The minimum absolute atomic E-state index is 0.112. The van der Waals surface area contributed by atoms with Gasteiger partial charge in [-0.1, -0.05) is 24.3 Å². The highest BCUT2D eigenvalue weighted by atomic mass is 19.1. The summed E-state index contributed by atoms with van der Waals surface area (Å²) in [6, 6.07) is 16.9. The molecule has 1 aromatic heterocycles. The molecule has 2 aromatic carbocycles. The van der Waals surface area contributed by atoms with Gasteiger partial charge in [-0.3, -0.25) is 4.79 Å². The third-order valence-electron chi connectivity index (χ3n) is 6.11. The Labute approximate surface area is 210 Å². The number of halogens is 1. The molecule has 3 amide bonds. The molecular formula is C28H32FN3O4. The molecule has 1 aliphatic heterocycles. The van der Waals surface area contributed by atoms with Crippen molar-refractivity contribution >= 4 is 17.6 Å². The maximum absolute atomic E-state index is 13.6. The standard InChI is InChI=1S/C28H32FN3O4/c1-20-5-3-6-24(15-20)30-28(34)32(17-25-7-4-14-35-25)19-27(33)31(18-26-13-8-21(2)36-26)16-22-9-11-23(29)12-10-22/h3,5-6,8-13,15,25H,4,7,14,16-19H2,1-2H3,(H,30,34). The summed E-state index contributed by atoms with van der Waals surface area (Å²) >= 11 is 0. The zero-order valence-electron chi connectivity index (χ0n) is 20.7. The molecule has 1 N–H and O–H groups in total. The summed E-state index contributed by atoms with van der Waals surface area (Å²) in [7, 11) is 0. The van der Waals surface area contributed by atoms with Crippen molar-refractivity contribution in [1.29, 1.82) is 0 Å². The van der Waals surface area contributed by atoms with Crippen LogP contribution in [0.4, 0.5) is 14.9 Å². The molecule has 190 valence electrons. The molecule has 1 fully saturated rings. The third-order valence-corrected chi connectivity index (χ3v) is 6.11. The Morgan fingerprint density at radius 2 is 1.83 bits per heavy atom. The van der Waals surface area contributed by atoms with Crippen molar-refractivity contribution in [3.8, 4) is 0 Å². The van der Waals surface area contributed by atoms with E-state index >= 15 is 0 Å². The van der Waals surface area contributed by atoms with Crippen LogP contribution in [0.1, 0.15) is 35.5 Å². The second kappa shape index (κ2) is 11.9. The number of furan rings is 1. The number of amides is 3. The van der Waals surface area contributed by atoms with Crippen LogP contribution in [0.2, 0.25) is 0 Å². The third kappa shape index (κ3) is 7.18. The fourth-order valence-electron chi connectivity index (χ4n) is 4.24. The molecule has 0 radical (unpaired) electrons. The van der Waals surface area contributed by atoms with Crippen molar-refractivity contribution in [2.75, 3.05) is 25.0 Å². The molecule has 4 rings (SSSR count). The van der Waals surface area contributed by atoms with Gasteiger partial charge in [0.15, 0.2) is 0 Å². The smallest absolute Gasteiger partial charge is 0.322 e. The van der Waals surface area contributed by atoms with Crippen molar-refractivity contribution in [3.63, 3.8) is 0 Å². The maximum Gasteiger partial charge on any atom is 0.322 e. The van der Waals surface area contributed by atoms with E-state index in [1.165, 1.54) is 17.0 Å². The van der Waals surface area contributed by atoms with Crippen LogP contribution in [0.15, 0.2) is 65.1 Å². The number of nitrogens with zero attached hydrogens (tertiary/aromatic N) is 2. The summed E-state index contributed by atoms with van der Waals surface area (Å²) in [5.41, 5.74) is 2.47. The molecular weight excluding hydrogens is 461 g/mol. The second-order valence-corrected chi connectivity index (χ2v) is 9.20. The van der Waals surface area contributed by atoms with Crippen LogP contribution in [0.5, 0.6) is 0 Å². The van der Waals surface area contributed by atoms with Crippen LogP contribution in [0.25, 0.3) is 0 Å². The van der Waals surface area contributed by atoms with E-state index in [2.05, 4.69) is 5.32 Å². The quantitative estimate of drug-likeness (QED) is 0.440. The first-order valence-electron chi connectivity index (χ1n) is 12.2. The van der Waals surface area contributed by atoms with Gasteiger partial charge in [0.25, 0.3) is 0 Å². The highest BCUT2D eigenvalue weighted by Gasteiger charge is 2.27. The molecule has 1 aliphatic rings. The normalized spacial score (nSPS) is 15.0. The highest BCUT2D eigenvalue weighted by Crippen LogP contribution is 2.18. The molecule has 36 heavy (non-hydrogen) atoms. The van der Waals surface area contributed by atoms with Crippen LogP contribution in [0.3, 0.4) is 0 Å². The molecule has 3 aromatic rings. The predicted molar refractivity (Wildman–Crippen MR) is 135 cm³/mol. The van der Waals surface area contributed by atoms with Gasteiger partial charge in [-0.2, -0.15) is 0 Å². The lowest BCUT2D eigenvalue weighted by atomic mass is 10.2. The zero-order valence-corrected chi connectivity index (χ0v) is 20.7. The Morgan fingerprint density at radius 3 is 2.50 bits per heavy atom. The van der Waals surface area contributed by atoms with Gasteiger partial charge in [-0.25, -0.2) is 9.18 Å². The van der Waals surface area contributed by atoms with Gasteiger partial charge in [0, 0.05) is 25.4 Å². The Hall–Kier alpha value is -3.65. The monoisotopic (exact) mass is 493 g/mol. The molecule has 0 aliphatic carbocycles. The minimum atomic E-state index is -0.361. The number of hydrogen-bond acceptors (Lipinski definition) is 4. The van der Waals surface area contributed by atoms with Crippen LogP contribution in [-0.4, -0.2) is 47.5 Å². The second-order valence-electron chi connectivity index (χ2n) is 9.20. The Morgan fingerprint density at radius 1 is 1.03 bits per heavy atom. The van der Waals surface area contributed by atoms with Crippen LogP contribution < -0.4 is 5.32 Å². The number of carbonyl (C=O) groups is 2. The van der Waals surface area contributed by atoms with E-state index in [-0.39, 0.29) is 43.5 Å². The van der Waals surface area contributed by atoms with E-state index in [1.54, 1.807) is 17.0 Å². The number of hydrogen-bond donors (Lipinski definition) is 1. The van der Waals surface area contributed by atoms with Crippen molar-refractivity contribution in [3.05, 3.63) is 89.1 Å². The van der Waals surface area contributed by atoms with Gasteiger partial charge in [-0.15, -0.1) is 0 Å². The zero-order chi connectivity index (χ0) is 25.5. The van der Waals surface area contributed by atoms with Crippen molar-refractivity contribution in [1.82, 2.24) is 9.80 Å². The summed E-state index contributed by atoms with van der Waals surface area (Å²) in [4.78, 5) is 29.9. The Balaban J connectivity index is 1.52. The SMILES string of the molecule is Cc1cccc(NC(=O)N(CC(=O)N(Cc2ccc(F)cc2)Cc2ccc(C)o2)CC2CCCO2)c1. The predicted octanol–water partition coefficient (Wildman–Crippen LogP) is 5.28. The summed E-state index contributed by atoms with van der Waals surface area (Å²) in [5.74, 6) is 0.800. The Bertz CT molecular complexity index is 1170. The average molecular weight is 494 g/mol. The number of carbonyl (C=O) groups excluding carboxylic acids is 2. The maximum atomic E-state index is 13.6. The van der Waals surface area contributed by atoms with Crippen molar-refractivity contribution in [2.45, 2.75) is 45.9 Å². The first kappa shape index (κ1) is 25.4. The molecule has 7 nitrogen and oxygen atoms in total. The fraction of sp³-hybridized carbons (Fsp3) is 0.357. The molecule has 0 spiro atoms. The Kier molecular flexibility index (Phi) is 8.38. The molecule has 0 saturated carbocycles. The molecule has 8 heteroatoms. The lowest BCUT2D eigenvalue weighted by molar-refractivity contribution is -0.133. The summed E-state index contributed by atoms with van der Waals surface area (Å²) in [6.07, 6.45) is 1.66. The number of urea groups is 1. The van der Waals surface area contributed by atoms with E-state index < -0.39 is 0 Å². The van der Waals surface area contributed by atoms with Gasteiger partial charge < -0.3 is 24.3 Å². The van der Waals surface area contributed by atoms with Crippen LogP contribution >= 0.6 is 0 Å². The lowest BCUT2D eigenvalue weighted by Crippen LogP contribution is -2.46. The summed E-state index contributed by atoms with van der Waals surface area (Å²) in [6.45, 7) is 5.12. The number of rotatable bonds is 9. The van der Waals surface area contributed by atoms with Crippen LogP contribution in [0, 0.1) is 19.7 Å². The van der Waals surface area contributed by atoms with Gasteiger partial charge >= 0.3 is 6.03 Å². The van der Waals surface area contributed by atoms with E-state index in [0.29, 0.717) is 24.6 Å². The number of anilines is 1. The summed E-state index contributed by atoms with van der Waals surface area (Å²) in [5, 5.41) is 2.91. The highest BCUT2D eigenvalue weighted by molar-refractivity contribution is 5.92. The largest absolute Gasteiger partial charge is 0.464 e. The lowest BCUT2D eigenvalue weighted by Gasteiger charge is -2.29. The molecule has 1 saturated heterocycles. The molecule has 2 heterocycles. The van der Waals surface area contributed by atoms with Gasteiger partial charge in [0.05, 0.1) is 12.6 Å². The average Bonchev–Trinajstić information content (AvgIpc) is 3.51. The van der Waals surface area contributed by atoms with Crippen LogP contribution in [-0.2, 0) is 22.6 Å². The van der Waals surface area contributed by atoms with Gasteiger partial charge in [0.2, 0.25) is 5.91 Å². The first-order chi connectivity index (χ1) is 17.4. The number of benzene rings is 2. The number of nitrogens with one attached hydrogen (secondary N) is 1. The molecule has 1 atom stereocenters. The molecule has 0 bridgehead atoms. The fourth-order valence-corrected chi connectivity index (χ4v) is 4.24. The number of aryl methyl sites for hydroxylation is 2. The van der Waals surface area contributed by atoms with E-state index in [1.807, 2.05) is 50.2 Å². The van der Waals surface area contributed by atoms with Gasteiger partial charge in [0.1, 0.15) is 23.9 Å².